The second-order valence-corrected chi connectivity index (χ2v) is 8.81. The number of allylic oxidation sites excluding steroid dienone is 3. The Morgan fingerprint density at radius 3 is 2.09 bits per heavy atom. The highest BCUT2D eigenvalue weighted by Crippen LogP contribution is 2.53. The summed E-state index contributed by atoms with van der Waals surface area (Å²) in [6.07, 6.45) is 7.41. The quantitative estimate of drug-likeness (QED) is 0.468. The highest BCUT2D eigenvalue weighted by atomic mass is 79.9. The van der Waals surface area contributed by atoms with Gasteiger partial charge in [-0.3, -0.25) is 4.79 Å². The van der Waals surface area contributed by atoms with E-state index in [0.29, 0.717) is 5.56 Å². The maximum absolute atomic E-state index is 13.3. The van der Waals surface area contributed by atoms with E-state index in [4.69, 9.17) is 11.6 Å². The molecular weight excluding hydrogens is 392 g/mol. The van der Waals surface area contributed by atoms with Crippen LogP contribution in [0.2, 0.25) is 0 Å². The summed E-state index contributed by atoms with van der Waals surface area (Å²) in [6, 6.07) is 19.1. The van der Waals surface area contributed by atoms with Gasteiger partial charge in [0.2, 0.25) is 0 Å². The van der Waals surface area contributed by atoms with Crippen LogP contribution in [0.15, 0.2) is 89.9 Å². The fourth-order valence-corrected chi connectivity index (χ4v) is 4.73. The number of thioether (sulfide) groups is 1. The van der Waals surface area contributed by atoms with E-state index in [1.165, 1.54) is 11.8 Å². The topological polar surface area (TPSA) is 17.1 Å². The smallest absolute Gasteiger partial charge is 0.186 e. The summed E-state index contributed by atoms with van der Waals surface area (Å²) < 4.78 is -1.96. The lowest BCUT2D eigenvalue weighted by molar-refractivity contribution is 0.0962. The molecule has 4 heteroatoms. The molecule has 0 heterocycles. The standard InChI is InChI=1S/C19H14BrClOS/c20-19(21)14-8-7-13-18(19,23-16-11-5-2-6-12-16)17(22)15-9-3-1-4-10-15/h1-14H. The van der Waals surface area contributed by atoms with Crippen LogP contribution in [0.25, 0.3) is 0 Å². The predicted octanol–water partition coefficient (Wildman–Crippen LogP) is 5.86. The molecule has 1 nitrogen and oxygen atoms in total. The van der Waals surface area contributed by atoms with Crippen LogP contribution in [-0.4, -0.2) is 14.3 Å². The maximum atomic E-state index is 13.3. The summed E-state index contributed by atoms with van der Waals surface area (Å²) in [5, 5.41) is 0. The van der Waals surface area contributed by atoms with Crippen molar-refractivity contribution < 1.29 is 4.79 Å². The summed E-state index contributed by atoms with van der Waals surface area (Å²) in [4.78, 5) is 14.3. The zero-order valence-corrected chi connectivity index (χ0v) is 15.3. The molecule has 23 heavy (non-hydrogen) atoms. The Kier molecular flexibility index (Phi) is 4.81. The number of halogens is 2. The highest BCUT2D eigenvalue weighted by molar-refractivity contribution is 9.10. The Bertz CT molecular complexity index is 755. The maximum Gasteiger partial charge on any atom is 0.186 e. The Labute approximate surface area is 153 Å². The highest BCUT2D eigenvalue weighted by Gasteiger charge is 2.53. The number of rotatable bonds is 4. The molecule has 0 radical (unpaired) electrons. The number of hydrogen-bond acceptors (Lipinski definition) is 2. The summed E-state index contributed by atoms with van der Waals surface area (Å²) in [5.41, 5.74) is 0.639. The lowest BCUT2D eigenvalue weighted by Crippen LogP contribution is -2.48. The zero-order valence-electron chi connectivity index (χ0n) is 12.2. The predicted molar refractivity (Wildman–Crippen MR) is 102 cm³/mol. The van der Waals surface area contributed by atoms with Crippen molar-refractivity contribution in [2.75, 3.05) is 0 Å². The Morgan fingerprint density at radius 1 is 0.913 bits per heavy atom. The second kappa shape index (κ2) is 6.68. The number of benzene rings is 2. The molecule has 1 aliphatic carbocycles. The fraction of sp³-hybridized carbons (Fsp3) is 0.105. The number of hydrogen-bond donors (Lipinski definition) is 0. The van der Waals surface area contributed by atoms with E-state index < -0.39 is 8.53 Å². The molecule has 0 bridgehead atoms. The van der Waals surface area contributed by atoms with Gasteiger partial charge >= 0.3 is 0 Å². The molecular formula is C19H14BrClOS. The molecule has 2 aromatic rings. The van der Waals surface area contributed by atoms with Crippen molar-refractivity contribution in [1.82, 2.24) is 0 Å². The van der Waals surface area contributed by atoms with E-state index in [-0.39, 0.29) is 5.78 Å². The zero-order chi connectivity index (χ0) is 16.3. The van der Waals surface area contributed by atoms with Crippen molar-refractivity contribution in [2.24, 2.45) is 0 Å². The van der Waals surface area contributed by atoms with Crippen molar-refractivity contribution in [1.29, 1.82) is 0 Å². The number of ketones is 1. The van der Waals surface area contributed by atoms with Gasteiger partial charge in [-0.05, 0) is 12.1 Å². The van der Waals surface area contributed by atoms with Gasteiger partial charge in [0.1, 0.15) is 8.53 Å². The van der Waals surface area contributed by atoms with E-state index in [0.717, 1.165) is 4.90 Å². The normalized spacial score (nSPS) is 26.2. The van der Waals surface area contributed by atoms with Crippen LogP contribution in [0.1, 0.15) is 10.4 Å². The molecule has 0 saturated carbocycles. The number of alkyl halides is 2. The SMILES string of the molecule is O=C(c1ccccc1)C1(Sc2ccccc2)C=CC=CC1(Cl)Br. The molecule has 0 amide bonds. The summed E-state index contributed by atoms with van der Waals surface area (Å²) in [7, 11) is 0. The van der Waals surface area contributed by atoms with Crippen LogP contribution in [0.3, 0.4) is 0 Å². The van der Waals surface area contributed by atoms with Crippen LogP contribution in [0, 0.1) is 0 Å². The first-order valence-corrected chi connectivity index (χ1v) is 9.13. The first-order chi connectivity index (χ1) is 11.1. The van der Waals surface area contributed by atoms with E-state index >= 15 is 0 Å². The van der Waals surface area contributed by atoms with Gasteiger partial charge in [0.25, 0.3) is 0 Å². The minimum absolute atomic E-state index is 0.0283. The molecule has 0 aromatic heterocycles. The molecule has 2 aromatic carbocycles. The average molecular weight is 406 g/mol. The summed E-state index contributed by atoms with van der Waals surface area (Å²) >= 11 is 11.7. The van der Waals surface area contributed by atoms with Crippen molar-refractivity contribution >= 4 is 45.1 Å². The van der Waals surface area contributed by atoms with E-state index in [9.17, 15) is 4.79 Å². The molecule has 2 atom stereocenters. The number of Topliss-reactive ketones (excluding diaryl/α,β-unsaturated/α-hetero) is 1. The van der Waals surface area contributed by atoms with Crippen molar-refractivity contribution in [3.8, 4) is 0 Å². The third kappa shape index (κ3) is 3.18. The molecule has 0 fully saturated rings. The molecule has 0 spiro atoms. The molecule has 3 rings (SSSR count). The molecule has 0 saturated heterocycles. The Hall–Kier alpha value is -1.29. The Morgan fingerprint density at radius 2 is 1.48 bits per heavy atom. The van der Waals surface area contributed by atoms with Crippen LogP contribution in [-0.2, 0) is 0 Å². The van der Waals surface area contributed by atoms with Crippen LogP contribution in [0.4, 0.5) is 0 Å². The molecule has 1 aliphatic rings. The van der Waals surface area contributed by atoms with Gasteiger partial charge in [-0.2, -0.15) is 0 Å². The molecule has 0 N–H and O–H groups in total. The second-order valence-electron chi connectivity index (χ2n) is 5.19. The van der Waals surface area contributed by atoms with Gasteiger partial charge < -0.3 is 0 Å². The monoisotopic (exact) mass is 404 g/mol. The van der Waals surface area contributed by atoms with E-state index in [1.807, 2.05) is 85.0 Å². The lowest BCUT2D eigenvalue weighted by Gasteiger charge is -2.39. The van der Waals surface area contributed by atoms with Gasteiger partial charge in [0.15, 0.2) is 5.78 Å². The minimum atomic E-state index is -0.998. The third-order valence-electron chi connectivity index (χ3n) is 3.64. The van der Waals surface area contributed by atoms with Crippen molar-refractivity contribution in [3.05, 3.63) is 90.5 Å². The lowest BCUT2D eigenvalue weighted by atomic mass is 9.90. The first kappa shape index (κ1) is 16.6. The summed E-state index contributed by atoms with van der Waals surface area (Å²) in [6.45, 7) is 0. The molecule has 2 unspecified atom stereocenters. The molecule has 0 aliphatic heterocycles. The third-order valence-corrected chi connectivity index (χ3v) is 6.80. The van der Waals surface area contributed by atoms with Crippen LogP contribution in [0.5, 0.6) is 0 Å². The minimum Gasteiger partial charge on any atom is -0.292 e. The summed E-state index contributed by atoms with van der Waals surface area (Å²) in [5.74, 6) is -0.0283. The number of carbonyl (C=O) groups is 1. The molecule has 116 valence electrons. The van der Waals surface area contributed by atoms with Gasteiger partial charge in [-0.25, -0.2) is 0 Å². The van der Waals surface area contributed by atoms with Crippen LogP contribution >= 0.6 is 39.3 Å². The van der Waals surface area contributed by atoms with Crippen molar-refractivity contribution in [2.45, 2.75) is 13.4 Å². The van der Waals surface area contributed by atoms with Crippen molar-refractivity contribution in [3.63, 3.8) is 0 Å². The first-order valence-electron chi connectivity index (χ1n) is 7.14. The van der Waals surface area contributed by atoms with E-state index in [2.05, 4.69) is 15.9 Å². The largest absolute Gasteiger partial charge is 0.292 e. The van der Waals surface area contributed by atoms with Crippen LogP contribution < -0.4 is 0 Å². The van der Waals surface area contributed by atoms with Gasteiger partial charge in [-0.15, -0.1) is 11.8 Å². The van der Waals surface area contributed by atoms with Gasteiger partial charge in [0, 0.05) is 10.5 Å². The van der Waals surface area contributed by atoms with E-state index in [1.54, 1.807) is 0 Å². The number of carbonyl (C=O) groups excluding carboxylic acids is 1. The Balaban J connectivity index is 2.09. The van der Waals surface area contributed by atoms with Gasteiger partial charge in [-0.1, -0.05) is 100 Å². The fourth-order valence-electron chi connectivity index (χ4n) is 2.46. The average Bonchev–Trinajstić information content (AvgIpc) is 2.58. The van der Waals surface area contributed by atoms with Gasteiger partial charge in [0.05, 0.1) is 0 Å².